The van der Waals surface area contributed by atoms with Crippen molar-refractivity contribution in [3.8, 4) is 0 Å². The van der Waals surface area contributed by atoms with Gasteiger partial charge in [0, 0.05) is 25.7 Å². The second kappa shape index (κ2) is 7.86. The first-order valence-corrected chi connectivity index (χ1v) is 8.43. The maximum Gasteiger partial charge on any atom is 0.434 e. The number of halogens is 6. The van der Waals surface area contributed by atoms with Gasteiger partial charge in [0.1, 0.15) is 5.60 Å². The lowest BCUT2D eigenvalue weighted by Crippen LogP contribution is -2.56. The zero-order valence-corrected chi connectivity index (χ0v) is 16.2. The Kier molecular flexibility index (Phi) is 6.78. The summed E-state index contributed by atoms with van der Waals surface area (Å²) in [6.45, 7) is 6.37. The van der Waals surface area contributed by atoms with E-state index in [1.54, 1.807) is 27.7 Å². The quantitative estimate of drug-likeness (QED) is 0.622. The number of carbonyl (C=O) groups excluding carboxylic acids is 2. The van der Waals surface area contributed by atoms with Gasteiger partial charge in [-0.15, -0.1) is 0 Å². The summed E-state index contributed by atoms with van der Waals surface area (Å²) in [6, 6.07) is 0. The summed E-state index contributed by atoms with van der Waals surface area (Å²) in [6.07, 6.45) is -17.8. The number of likely N-dealkylation sites (tertiary alicyclic amines) is 1. The lowest BCUT2D eigenvalue weighted by atomic mass is 9.88. The van der Waals surface area contributed by atoms with E-state index in [2.05, 4.69) is 4.74 Å². The molecular formula is C16H24F6N2O4. The Hall–Kier alpha value is -1.88. The van der Waals surface area contributed by atoms with Crippen LogP contribution in [-0.2, 0) is 9.47 Å². The summed E-state index contributed by atoms with van der Waals surface area (Å²) in [5.74, 6) is 0. The summed E-state index contributed by atoms with van der Waals surface area (Å²) >= 11 is 0. The average molecular weight is 422 g/mol. The highest BCUT2D eigenvalue weighted by molar-refractivity contribution is 5.70. The summed E-state index contributed by atoms with van der Waals surface area (Å²) in [7, 11) is 1.48. The number of hydrogen-bond acceptors (Lipinski definition) is 4. The van der Waals surface area contributed by atoms with Crippen LogP contribution in [0.25, 0.3) is 0 Å². The Balaban J connectivity index is 2.74. The van der Waals surface area contributed by atoms with Gasteiger partial charge < -0.3 is 19.3 Å². The minimum absolute atomic E-state index is 0.126. The van der Waals surface area contributed by atoms with E-state index < -0.39 is 41.8 Å². The third kappa shape index (κ3) is 6.33. The van der Waals surface area contributed by atoms with E-state index in [0.29, 0.717) is 0 Å². The van der Waals surface area contributed by atoms with Gasteiger partial charge in [-0.2, -0.15) is 26.3 Å². The van der Waals surface area contributed by atoms with E-state index in [0.717, 1.165) is 4.90 Å². The predicted octanol–water partition coefficient (Wildman–Crippen LogP) is 4.34. The van der Waals surface area contributed by atoms with Crippen LogP contribution < -0.4 is 0 Å². The van der Waals surface area contributed by atoms with E-state index in [4.69, 9.17) is 4.74 Å². The first kappa shape index (κ1) is 24.2. The van der Waals surface area contributed by atoms with Crippen molar-refractivity contribution < 1.29 is 45.4 Å². The van der Waals surface area contributed by atoms with Gasteiger partial charge in [-0.1, -0.05) is 0 Å². The van der Waals surface area contributed by atoms with E-state index >= 15 is 0 Å². The van der Waals surface area contributed by atoms with E-state index in [1.165, 1.54) is 11.9 Å². The monoisotopic (exact) mass is 422 g/mol. The third-order valence-corrected chi connectivity index (χ3v) is 4.39. The van der Waals surface area contributed by atoms with Crippen LogP contribution in [-0.4, -0.2) is 71.7 Å². The fraction of sp³-hybridized carbons (Fsp3) is 0.875. The fourth-order valence-corrected chi connectivity index (χ4v) is 2.55. The van der Waals surface area contributed by atoms with Crippen LogP contribution >= 0.6 is 0 Å². The Labute approximate surface area is 158 Å². The number of ether oxygens (including phenoxy) is 2. The second-order valence-corrected chi connectivity index (χ2v) is 7.87. The number of piperidine rings is 1. The summed E-state index contributed by atoms with van der Waals surface area (Å²) in [5, 5.41) is 0. The minimum Gasteiger partial charge on any atom is -0.444 e. The van der Waals surface area contributed by atoms with E-state index in [9.17, 15) is 35.9 Å². The van der Waals surface area contributed by atoms with Crippen LogP contribution in [0.2, 0.25) is 0 Å². The minimum atomic E-state index is -5.77. The van der Waals surface area contributed by atoms with Crippen LogP contribution in [0.5, 0.6) is 0 Å². The van der Waals surface area contributed by atoms with Crippen LogP contribution in [0.1, 0.15) is 40.5 Å². The molecule has 0 aromatic rings. The average Bonchev–Trinajstić information content (AvgIpc) is 2.48. The molecule has 0 aromatic carbocycles. The highest BCUT2D eigenvalue weighted by Gasteiger charge is 2.60. The first-order chi connectivity index (χ1) is 12.4. The van der Waals surface area contributed by atoms with Gasteiger partial charge in [0.05, 0.1) is 0 Å². The van der Waals surface area contributed by atoms with Crippen molar-refractivity contribution >= 4 is 12.2 Å². The second-order valence-electron chi connectivity index (χ2n) is 7.87. The standard InChI is InChI=1S/C16H24F6N2O4/c1-13(2,3)28-11(25)23(5)14(4)6-8-24(9-7-14)12(26)27-10(15(17,18)19)16(20,21)22/h10H,6-9H2,1-5H3. The molecule has 0 saturated carbocycles. The zero-order valence-electron chi connectivity index (χ0n) is 16.2. The molecule has 0 bridgehead atoms. The maximum absolute atomic E-state index is 12.5. The van der Waals surface area contributed by atoms with Gasteiger partial charge in [0.15, 0.2) is 0 Å². The van der Waals surface area contributed by atoms with Crippen LogP contribution in [0, 0.1) is 0 Å². The maximum atomic E-state index is 12.5. The highest BCUT2D eigenvalue weighted by atomic mass is 19.4. The molecule has 0 spiro atoms. The van der Waals surface area contributed by atoms with Crippen LogP contribution in [0.3, 0.4) is 0 Å². The van der Waals surface area contributed by atoms with Crippen molar-refractivity contribution in [3.05, 3.63) is 0 Å². The molecule has 28 heavy (non-hydrogen) atoms. The molecule has 1 aliphatic heterocycles. The van der Waals surface area contributed by atoms with Crippen molar-refractivity contribution in [2.24, 2.45) is 0 Å². The molecule has 2 amide bonds. The van der Waals surface area contributed by atoms with Gasteiger partial charge in [-0.3, -0.25) is 0 Å². The zero-order chi connectivity index (χ0) is 22.1. The van der Waals surface area contributed by atoms with Crippen LogP contribution in [0.15, 0.2) is 0 Å². The SMILES string of the molecule is CN(C(=O)OC(C)(C)C)C1(C)CCN(C(=O)OC(C(F)(F)F)C(F)(F)F)CC1. The predicted molar refractivity (Wildman–Crippen MR) is 85.6 cm³/mol. The van der Waals surface area contributed by atoms with Crippen molar-refractivity contribution in [2.75, 3.05) is 20.1 Å². The van der Waals surface area contributed by atoms with Crippen LogP contribution in [0.4, 0.5) is 35.9 Å². The molecule has 12 heteroatoms. The molecular weight excluding hydrogens is 398 g/mol. The molecule has 1 aliphatic rings. The summed E-state index contributed by atoms with van der Waals surface area (Å²) < 4.78 is 84.1. The number of rotatable bonds is 2. The van der Waals surface area contributed by atoms with Gasteiger partial charge in [-0.05, 0) is 40.5 Å². The molecule has 0 unspecified atom stereocenters. The Morgan fingerprint density at radius 2 is 1.43 bits per heavy atom. The van der Waals surface area contributed by atoms with Crippen molar-refractivity contribution in [1.82, 2.24) is 9.80 Å². The lowest BCUT2D eigenvalue weighted by Gasteiger charge is -2.44. The molecule has 1 rings (SSSR count). The molecule has 0 atom stereocenters. The molecule has 0 aromatic heterocycles. The molecule has 1 heterocycles. The molecule has 1 fully saturated rings. The van der Waals surface area contributed by atoms with Gasteiger partial charge in [-0.25, -0.2) is 9.59 Å². The highest BCUT2D eigenvalue weighted by Crippen LogP contribution is 2.36. The van der Waals surface area contributed by atoms with E-state index in [1.807, 2.05) is 0 Å². The lowest BCUT2D eigenvalue weighted by molar-refractivity contribution is -0.308. The number of amides is 2. The number of carbonyl (C=O) groups is 2. The number of alkyl halides is 6. The number of nitrogens with zero attached hydrogens (tertiary/aromatic N) is 2. The Morgan fingerprint density at radius 1 is 1.00 bits per heavy atom. The number of hydrogen-bond donors (Lipinski definition) is 0. The largest absolute Gasteiger partial charge is 0.444 e. The van der Waals surface area contributed by atoms with Crippen molar-refractivity contribution in [3.63, 3.8) is 0 Å². The smallest absolute Gasteiger partial charge is 0.434 e. The van der Waals surface area contributed by atoms with Crippen molar-refractivity contribution in [2.45, 2.75) is 70.1 Å². The summed E-state index contributed by atoms with van der Waals surface area (Å²) in [4.78, 5) is 26.1. The molecule has 164 valence electrons. The molecule has 0 radical (unpaired) electrons. The summed E-state index contributed by atoms with van der Waals surface area (Å²) in [5.41, 5.74) is -1.52. The topological polar surface area (TPSA) is 59.1 Å². The fourth-order valence-electron chi connectivity index (χ4n) is 2.55. The van der Waals surface area contributed by atoms with Gasteiger partial charge in [0.25, 0.3) is 6.10 Å². The molecule has 0 aliphatic carbocycles. The molecule has 1 saturated heterocycles. The van der Waals surface area contributed by atoms with Gasteiger partial charge >= 0.3 is 24.5 Å². The normalized spacial score (nSPS) is 18.1. The third-order valence-electron chi connectivity index (χ3n) is 4.39. The Morgan fingerprint density at radius 3 is 1.79 bits per heavy atom. The van der Waals surface area contributed by atoms with Gasteiger partial charge in [0.2, 0.25) is 0 Å². The van der Waals surface area contributed by atoms with E-state index in [-0.39, 0.29) is 25.9 Å². The van der Waals surface area contributed by atoms with Crippen molar-refractivity contribution in [1.29, 1.82) is 0 Å². The Bertz CT molecular complexity index is 563. The first-order valence-electron chi connectivity index (χ1n) is 8.43. The molecule has 6 nitrogen and oxygen atoms in total. The molecule has 0 N–H and O–H groups in total.